The molecule has 2 fully saturated rings. The number of hydrogen-bond donors (Lipinski definition) is 0. The maximum atomic E-state index is 13.3. The van der Waals surface area contributed by atoms with Gasteiger partial charge in [0, 0.05) is 11.4 Å². The van der Waals surface area contributed by atoms with Gasteiger partial charge in [-0.15, -0.1) is 0 Å². The summed E-state index contributed by atoms with van der Waals surface area (Å²) in [5, 5.41) is 0. The highest BCUT2D eigenvalue weighted by Crippen LogP contribution is 2.38. The van der Waals surface area contributed by atoms with E-state index in [9.17, 15) is 13.2 Å². The predicted molar refractivity (Wildman–Crippen MR) is 116 cm³/mol. The van der Waals surface area contributed by atoms with E-state index >= 15 is 0 Å². The molecule has 5 rings (SSSR count). The number of carbonyl (C=O) groups is 1. The van der Waals surface area contributed by atoms with Crippen LogP contribution >= 0.6 is 0 Å². The molecule has 2 amide bonds. The summed E-state index contributed by atoms with van der Waals surface area (Å²) in [6.07, 6.45) is 0. The van der Waals surface area contributed by atoms with Crippen LogP contribution in [-0.2, 0) is 9.84 Å². The first-order chi connectivity index (χ1) is 14.5. The smallest absolute Gasteiger partial charge is 0.329 e. The van der Waals surface area contributed by atoms with Gasteiger partial charge >= 0.3 is 6.03 Å². The Hall–Kier alpha value is -3.32. The highest BCUT2D eigenvalue weighted by atomic mass is 32.2. The molecule has 2 aliphatic rings. The van der Waals surface area contributed by atoms with E-state index in [1.54, 1.807) is 34.1 Å². The van der Waals surface area contributed by atoms with Crippen molar-refractivity contribution >= 4 is 27.2 Å². The zero-order chi connectivity index (χ0) is 20.7. The molecular formula is C23H20N2O4S. The lowest BCUT2D eigenvalue weighted by atomic mass is 10.1. The largest absolute Gasteiger partial charge is 0.457 e. The van der Waals surface area contributed by atoms with Gasteiger partial charge in [-0.05, 0) is 48.5 Å². The van der Waals surface area contributed by atoms with Gasteiger partial charge in [0.2, 0.25) is 0 Å². The van der Waals surface area contributed by atoms with Crippen LogP contribution in [-0.4, -0.2) is 38.0 Å². The fourth-order valence-corrected chi connectivity index (χ4v) is 6.11. The first-order valence-electron chi connectivity index (χ1n) is 9.73. The summed E-state index contributed by atoms with van der Waals surface area (Å²) in [4.78, 5) is 16.6. The van der Waals surface area contributed by atoms with Crippen LogP contribution in [0.2, 0.25) is 0 Å². The molecule has 6 nitrogen and oxygen atoms in total. The molecule has 0 radical (unpaired) electrons. The minimum absolute atomic E-state index is 0.0238. The first kappa shape index (κ1) is 18.7. The quantitative estimate of drug-likeness (QED) is 0.596. The van der Waals surface area contributed by atoms with Crippen LogP contribution in [0.15, 0.2) is 84.9 Å². The van der Waals surface area contributed by atoms with Crippen molar-refractivity contribution in [2.45, 2.75) is 12.1 Å². The number of amides is 2. The lowest BCUT2D eigenvalue weighted by molar-refractivity contribution is 0.255. The SMILES string of the molecule is O=C1N(c2ccccc2)C2CS(=O)(=O)CC2N1c1ccc(Oc2ccccc2)cc1. The molecule has 152 valence electrons. The summed E-state index contributed by atoms with van der Waals surface area (Å²) >= 11 is 0. The molecule has 2 heterocycles. The van der Waals surface area contributed by atoms with Crippen LogP contribution in [0.1, 0.15) is 0 Å². The van der Waals surface area contributed by atoms with E-state index in [0.29, 0.717) is 17.1 Å². The molecule has 0 N–H and O–H groups in total. The molecule has 7 heteroatoms. The summed E-state index contributed by atoms with van der Waals surface area (Å²) in [6.45, 7) is 0. The van der Waals surface area contributed by atoms with Crippen molar-refractivity contribution in [3.63, 3.8) is 0 Å². The number of sulfone groups is 1. The first-order valence-corrected chi connectivity index (χ1v) is 11.5. The molecule has 0 bridgehead atoms. The Labute approximate surface area is 175 Å². The number of benzene rings is 3. The molecule has 0 aliphatic carbocycles. The fraction of sp³-hybridized carbons (Fsp3) is 0.174. The van der Waals surface area contributed by atoms with Gasteiger partial charge in [0.05, 0.1) is 23.6 Å². The van der Waals surface area contributed by atoms with Gasteiger partial charge in [-0.1, -0.05) is 36.4 Å². The van der Waals surface area contributed by atoms with Crippen molar-refractivity contribution in [3.05, 3.63) is 84.9 Å². The van der Waals surface area contributed by atoms with Crippen molar-refractivity contribution in [3.8, 4) is 11.5 Å². The molecule has 2 aliphatic heterocycles. The van der Waals surface area contributed by atoms with E-state index in [1.807, 2.05) is 60.7 Å². The number of nitrogens with zero attached hydrogens (tertiary/aromatic N) is 2. The second-order valence-electron chi connectivity index (χ2n) is 7.48. The Morgan fingerprint density at radius 3 is 1.70 bits per heavy atom. The molecular weight excluding hydrogens is 400 g/mol. The average Bonchev–Trinajstić information content (AvgIpc) is 3.18. The van der Waals surface area contributed by atoms with Gasteiger partial charge in [0.25, 0.3) is 0 Å². The molecule has 2 unspecified atom stereocenters. The maximum Gasteiger partial charge on any atom is 0.329 e. The molecule has 0 saturated carbocycles. The van der Waals surface area contributed by atoms with Crippen LogP contribution in [0.4, 0.5) is 16.2 Å². The summed E-state index contributed by atoms with van der Waals surface area (Å²) < 4.78 is 30.6. The minimum atomic E-state index is -3.22. The molecule has 0 aromatic heterocycles. The standard InChI is InChI=1S/C23H20N2O4S/c26-23-24(17-7-3-1-4-8-17)21-15-30(27,28)16-22(21)25(23)18-11-13-20(14-12-18)29-19-9-5-2-6-10-19/h1-14,21-22H,15-16H2. The maximum absolute atomic E-state index is 13.3. The number of rotatable bonds is 4. The van der Waals surface area contributed by atoms with Crippen molar-refractivity contribution in [1.29, 1.82) is 0 Å². The number of para-hydroxylation sites is 2. The van der Waals surface area contributed by atoms with E-state index < -0.39 is 21.9 Å². The lowest BCUT2D eigenvalue weighted by Gasteiger charge is -2.22. The second kappa shape index (κ2) is 7.18. The molecule has 2 atom stereocenters. The zero-order valence-corrected chi connectivity index (χ0v) is 16.9. The van der Waals surface area contributed by atoms with E-state index in [-0.39, 0.29) is 17.5 Å². The van der Waals surface area contributed by atoms with Gasteiger partial charge in [-0.2, -0.15) is 0 Å². The zero-order valence-electron chi connectivity index (χ0n) is 16.1. The van der Waals surface area contributed by atoms with Crippen LogP contribution in [0, 0.1) is 0 Å². The molecule has 3 aromatic rings. The number of fused-ring (bicyclic) bond motifs is 1. The van der Waals surface area contributed by atoms with Crippen LogP contribution in [0.5, 0.6) is 11.5 Å². The lowest BCUT2D eigenvalue weighted by Crippen LogP contribution is -2.37. The predicted octanol–water partition coefficient (Wildman–Crippen LogP) is 4.09. The third kappa shape index (κ3) is 3.31. The van der Waals surface area contributed by atoms with Crippen molar-refractivity contribution in [2.24, 2.45) is 0 Å². The molecule has 2 saturated heterocycles. The molecule has 30 heavy (non-hydrogen) atoms. The monoisotopic (exact) mass is 420 g/mol. The highest BCUT2D eigenvalue weighted by molar-refractivity contribution is 7.91. The van der Waals surface area contributed by atoms with Crippen LogP contribution in [0.25, 0.3) is 0 Å². The van der Waals surface area contributed by atoms with Gasteiger partial charge in [0.1, 0.15) is 11.5 Å². The van der Waals surface area contributed by atoms with E-state index in [1.165, 1.54) is 0 Å². The third-order valence-electron chi connectivity index (χ3n) is 5.50. The van der Waals surface area contributed by atoms with Crippen LogP contribution < -0.4 is 14.5 Å². The number of urea groups is 1. The average molecular weight is 420 g/mol. The van der Waals surface area contributed by atoms with Gasteiger partial charge in [0.15, 0.2) is 9.84 Å². The number of carbonyl (C=O) groups excluding carboxylic acids is 1. The molecule has 3 aromatic carbocycles. The van der Waals surface area contributed by atoms with Crippen molar-refractivity contribution in [2.75, 3.05) is 21.3 Å². The van der Waals surface area contributed by atoms with Gasteiger partial charge in [-0.3, -0.25) is 9.80 Å². The topological polar surface area (TPSA) is 66.9 Å². The van der Waals surface area contributed by atoms with Gasteiger partial charge < -0.3 is 4.74 Å². The second-order valence-corrected chi connectivity index (χ2v) is 9.63. The van der Waals surface area contributed by atoms with Crippen molar-refractivity contribution < 1.29 is 17.9 Å². The van der Waals surface area contributed by atoms with E-state index in [4.69, 9.17) is 4.74 Å². The summed E-state index contributed by atoms with van der Waals surface area (Å²) in [5.41, 5.74) is 1.37. The number of hydrogen-bond acceptors (Lipinski definition) is 4. The summed E-state index contributed by atoms with van der Waals surface area (Å²) in [7, 11) is -3.22. The van der Waals surface area contributed by atoms with Crippen LogP contribution in [0.3, 0.4) is 0 Å². The Morgan fingerprint density at radius 2 is 1.13 bits per heavy atom. The van der Waals surface area contributed by atoms with E-state index in [0.717, 1.165) is 5.75 Å². The highest BCUT2D eigenvalue weighted by Gasteiger charge is 2.54. The number of anilines is 2. The third-order valence-corrected chi connectivity index (χ3v) is 7.20. The van der Waals surface area contributed by atoms with E-state index in [2.05, 4.69) is 0 Å². The fourth-order valence-electron chi connectivity index (χ4n) is 4.20. The number of ether oxygens (including phenoxy) is 1. The summed E-state index contributed by atoms with van der Waals surface area (Å²) in [5.74, 6) is 1.31. The summed E-state index contributed by atoms with van der Waals surface area (Å²) in [6, 6.07) is 24.8. The molecule has 0 spiro atoms. The van der Waals surface area contributed by atoms with Gasteiger partial charge in [-0.25, -0.2) is 13.2 Å². The van der Waals surface area contributed by atoms with Crippen molar-refractivity contribution in [1.82, 2.24) is 0 Å². The Morgan fingerprint density at radius 1 is 0.667 bits per heavy atom. The Bertz CT molecular complexity index is 1160. The Kier molecular flexibility index (Phi) is 4.47. The Balaban J connectivity index is 1.46. The normalized spacial score (nSPS) is 22.2. The minimum Gasteiger partial charge on any atom is -0.457 e.